The van der Waals surface area contributed by atoms with Crippen molar-refractivity contribution >= 4 is 5.91 Å². The lowest BCUT2D eigenvalue weighted by molar-refractivity contribution is 0.0804. The Morgan fingerprint density at radius 2 is 1.62 bits per heavy atom. The van der Waals surface area contributed by atoms with Crippen molar-refractivity contribution < 1.29 is 4.79 Å². The van der Waals surface area contributed by atoms with Crippen LogP contribution in [0.4, 0.5) is 0 Å². The van der Waals surface area contributed by atoms with Gasteiger partial charge in [-0.25, -0.2) is 5.01 Å². The highest BCUT2D eigenvalue weighted by Gasteiger charge is 2.11. The van der Waals surface area contributed by atoms with Crippen LogP contribution in [0.1, 0.15) is 16.8 Å². The molecule has 1 amide bonds. The lowest BCUT2D eigenvalue weighted by atomic mass is 10.0. The lowest BCUT2D eigenvalue weighted by Gasteiger charge is -2.23. The second kappa shape index (κ2) is 6.37. The number of hydrazine groups is 1. The molecule has 0 fully saturated rings. The topological polar surface area (TPSA) is 32.3 Å². The third kappa shape index (κ3) is 3.38. The molecule has 0 atom stereocenters. The van der Waals surface area contributed by atoms with Crippen molar-refractivity contribution in [2.45, 2.75) is 6.42 Å². The van der Waals surface area contributed by atoms with Crippen LogP contribution in [-0.4, -0.2) is 24.0 Å². The molecular weight excluding hydrogens is 260 g/mol. The van der Waals surface area contributed by atoms with E-state index in [0.29, 0.717) is 5.56 Å². The molecule has 106 valence electrons. The number of carbonyl (C=O) groups is 1. The molecule has 1 heterocycles. The number of carbonyl (C=O) groups excluding carboxylic acids is 1. The summed E-state index contributed by atoms with van der Waals surface area (Å²) in [7, 11) is 0. The van der Waals surface area contributed by atoms with Crippen molar-refractivity contribution in [3.05, 3.63) is 72.3 Å². The van der Waals surface area contributed by atoms with Crippen LogP contribution < -0.4 is 5.43 Å². The van der Waals surface area contributed by atoms with E-state index in [-0.39, 0.29) is 5.91 Å². The van der Waals surface area contributed by atoms with E-state index < -0.39 is 0 Å². The molecule has 0 bridgehead atoms. The van der Waals surface area contributed by atoms with E-state index >= 15 is 0 Å². The molecule has 0 saturated carbocycles. The highest BCUT2D eigenvalue weighted by atomic mass is 16.2. The Hall–Kier alpha value is -2.39. The van der Waals surface area contributed by atoms with Crippen molar-refractivity contribution in [2.75, 3.05) is 13.1 Å². The van der Waals surface area contributed by atoms with Crippen LogP contribution in [0.2, 0.25) is 0 Å². The summed E-state index contributed by atoms with van der Waals surface area (Å²) in [5.41, 5.74) is 5.90. The Morgan fingerprint density at radius 3 is 2.29 bits per heavy atom. The molecule has 1 aliphatic rings. The van der Waals surface area contributed by atoms with E-state index in [1.165, 1.54) is 0 Å². The van der Waals surface area contributed by atoms with Crippen molar-refractivity contribution in [3.63, 3.8) is 0 Å². The zero-order chi connectivity index (χ0) is 14.5. The van der Waals surface area contributed by atoms with Gasteiger partial charge in [0.1, 0.15) is 0 Å². The fourth-order valence-electron chi connectivity index (χ4n) is 2.40. The van der Waals surface area contributed by atoms with Crippen molar-refractivity contribution in [3.8, 4) is 11.1 Å². The van der Waals surface area contributed by atoms with Gasteiger partial charge in [0.2, 0.25) is 0 Å². The molecular formula is C18H18N2O. The Labute approximate surface area is 124 Å². The molecule has 1 aliphatic heterocycles. The maximum atomic E-state index is 12.2. The predicted molar refractivity (Wildman–Crippen MR) is 84.7 cm³/mol. The van der Waals surface area contributed by atoms with E-state index in [4.69, 9.17) is 0 Å². The zero-order valence-electron chi connectivity index (χ0n) is 11.8. The standard InChI is InChI=1S/C18H18N2O/c21-18(19-20-13-5-2-6-14-20)17-11-9-16(10-12-17)15-7-3-1-4-8-15/h1-5,7-12H,6,13-14H2,(H,19,21). The first-order valence-electron chi connectivity index (χ1n) is 7.19. The van der Waals surface area contributed by atoms with Crippen LogP contribution in [0.25, 0.3) is 11.1 Å². The van der Waals surface area contributed by atoms with E-state index in [0.717, 1.165) is 30.6 Å². The number of hydrogen-bond donors (Lipinski definition) is 1. The van der Waals surface area contributed by atoms with E-state index in [1.54, 1.807) is 0 Å². The molecule has 21 heavy (non-hydrogen) atoms. The van der Waals surface area contributed by atoms with Gasteiger partial charge in [0.25, 0.3) is 5.91 Å². The SMILES string of the molecule is O=C(NN1CC=CCC1)c1ccc(-c2ccccc2)cc1. The van der Waals surface area contributed by atoms with Gasteiger partial charge in [0.05, 0.1) is 0 Å². The molecule has 3 nitrogen and oxygen atoms in total. The summed E-state index contributed by atoms with van der Waals surface area (Å²) in [6.07, 6.45) is 5.19. The quantitative estimate of drug-likeness (QED) is 0.874. The van der Waals surface area contributed by atoms with Crippen LogP contribution in [-0.2, 0) is 0 Å². The molecule has 3 heteroatoms. The Morgan fingerprint density at radius 1 is 0.905 bits per heavy atom. The second-order valence-corrected chi connectivity index (χ2v) is 5.09. The Balaban J connectivity index is 1.69. The molecule has 0 spiro atoms. The summed E-state index contributed by atoms with van der Waals surface area (Å²) in [4.78, 5) is 12.2. The summed E-state index contributed by atoms with van der Waals surface area (Å²) >= 11 is 0. The Bertz CT molecular complexity index is 632. The highest BCUT2D eigenvalue weighted by Crippen LogP contribution is 2.19. The number of nitrogens with zero attached hydrogens (tertiary/aromatic N) is 1. The first-order valence-corrected chi connectivity index (χ1v) is 7.19. The van der Waals surface area contributed by atoms with E-state index in [1.807, 2.05) is 47.5 Å². The van der Waals surface area contributed by atoms with E-state index in [9.17, 15) is 4.79 Å². The third-order valence-corrected chi connectivity index (χ3v) is 3.57. The minimum atomic E-state index is -0.0510. The maximum Gasteiger partial charge on any atom is 0.265 e. The van der Waals surface area contributed by atoms with Gasteiger partial charge in [-0.2, -0.15) is 0 Å². The fraction of sp³-hybridized carbons (Fsp3) is 0.167. The van der Waals surface area contributed by atoms with Crippen LogP contribution in [0, 0.1) is 0 Å². The third-order valence-electron chi connectivity index (χ3n) is 3.57. The van der Waals surface area contributed by atoms with Gasteiger partial charge in [0, 0.05) is 18.7 Å². The minimum absolute atomic E-state index is 0.0510. The molecule has 0 saturated heterocycles. The molecule has 3 rings (SSSR count). The normalized spacial score (nSPS) is 14.9. The zero-order valence-corrected chi connectivity index (χ0v) is 11.8. The Kier molecular flexibility index (Phi) is 4.12. The average molecular weight is 278 g/mol. The van der Waals surface area contributed by atoms with Gasteiger partial charge in [-0.1, -0.05) is 54.6 Å². The lowest BCUT2D eigenvalue weighted by Crippen LogP contribution is -2.43. The van der Waals surface area contributed by atoms with Gasteiger partial charge in [0.15, 0.2) is 0 Å². The van der Waals surface area contributed by atoms with Gasteiger partial charge in [-0.3, -0.25) is 10.2 Å². The second-order valence-electron chi connectivity index (χ2n) is 5.09. The summed E-state index contributed by atoms with van der Waals surface area (Å²) < 4.78 is 0. The molecule has 1 N–H and O–H groups in total. The monoisotopic (exact) mass is 278 g/mol. The predicted octanol–water partition coefficient (Wildman–Crippen LogP) is 3.26. The van der Waals surface area contributed by atoms with Gasteiger partial charge in [-0.15, -0.1) is 0 Å². The van der Waals surface area contributed by atoms with Gasteiger partial charge in [-0.05, 0) is 29.7 Å². The number of rotatable bonds is 3. The number of benzene rings is 2. The summed E-state index contributed by atoms with van der Waals surface area (Å²) in [6.45, 7) is 1.64. The minimum Gasteiger partial charge on any atom is -0.284 e. The number of amides is 1. The van der Waals surface area contributed by atoms with Crippen LogP contribution in [0.3, 0.4) is 0 Å². The number of hydrogen-bond acceptors (Lipinski definition) is 2. The number of nitrogens with one attached hydrogen (secondary N) is 1. The van der Waals surface area contributed by atoms with Crippen LogP contribution in [0.5, 0.6) is 0 Å². The van der Waals surface area contributed by atoms with Crippen molar-refractivity contribution in [1.29, 1.82) is 0 Å². The summed E-state index contributed by atoms with van der Waals surface area (Å²) in [6, 6.07) is 17.9. The summed E-state index contributed by atoms with van der Waals surface area (Å²) in [5.74, 6) is -0.0510. The highest BCUT2D eigenvalue weighted by molar-refractivity contribution is 5.94. The average Bonchev–Trinajstić information content (AvgIpc) is 2.57. The van der Waals surface area contributed by atoms with Crippen molar-refractivity contribution in [2.24, 2.45) is 0 Å². The molecule has 2 aromatic carbocycles. The van der Waals surface area contributed by atoms with Crippen molar-refractivity contribution in [1.82, 2.24) is 10.4 Å². The summed E-state index contributed by atoms with van der Waals surface area (Å²) in [5, 5.41) is 1.94. The first kappa shape index (κ1) is 13.6. The smallest absolute Gasteiger partial charge is 0.265 e. The van der Waals surface area contributed by atoms with Crippen LogP contribution >= 0.6 is 0 Å². The molecule has 0 aliphatic carbocycles. The van der Waals surface area contributed by atoms with Gasteiger partial charge >= 0.3 is 0 Å². The molecule has 0 radical (unpaired) electrons. The largest absolute Gasteiger partial charge is 0.284 e. The maximum absolute atomic E-state index is 12.2. The van der Waals surface area contributed by atoms with E-state index in [2.05, 4.69) is 29.7 Å². The fourth-order valence-corrected chi connectivity index (χ4v) is 2.40. The molecule has 0 unspecified atom stereocenters. The molecule has 2 aromatic rings. The molecule has 0 aromatic heterocycles. The first-order chi connectivity index (χ1) is 10.3. The van der Waals surface area contributed by atoms with Gasteiger partial charge < -0.3 is 0 Å². The van der Waals surface area contributed by atoms with Crippen LogP contribution in [0.15, 0.2) is 66.7 Å².